The van der Waals surface area contributed by atoms with E-state index in [1.807, 2.05) is 32.0 Å². The molecule has 0 aliphatic heterocycles. The molecule has 1 amide bonds. The van der Waals surface area contributed by atoms with Crippen molar-refractivity contribution in [2.75, 3.05) is 6.54 Å². The zero-order valence-corrected chi connectivity index (χ0v) is 12.3. The summed E-state index contributed by atoms with van der Waals surface area (Å²) in [6.45, 7) is 5.45. The van der Waals surface area contributed by atoms with Crippen molar-refractivity contribution in [3.8, 4) is 5.75 Å². The van der Waals surface area contributed by atoms with Crippen molar-refractivity contribution < 1.29 is 9.53 Å². The lowest BCUT2D eigenvalue weighted by Gasteiger charge is -2.14. The smallest absolute Gasteiger partial charge is 0.221 e. The van der Waals surface area contributed by atoms with Crippen LogP contribution in [0.3, 0.4) is 0 Å². The van der Waals surface area contributed by atoms with Crippen LogP contribution in [-0.4, -0.2) is 24.6 Å². The van der Waals surface area contributed by atoms with Gasteiger partial charge in [-0.05, 0) is 32.8 Å². The van der Waals surface area contributed by atoms with Crippen LogP contribution in [0.1, 0.15) is 38.7 Å². The van der Waals surface area contributed by atoms with E-state index in [0.717, 1.165) is 30.7 Å². The van der Waals surface area contributed by atoms with Gasteiger partial charge in [0, 0.05) is 31.1 Å². The van der Waals surface area contributed by atoms with Crippen molar-refractivity contribution >= 4 is 5.91 Å². The summed E-state index contributed by atoms with van der Waals surface area (Å²) in [6.07, 6.45) is 2.97. The molecule has 0 spiro atoms. The van der Waals surface area contributed by atoms with E-state index in [1.165, 1.54) is 0 Å². The predicted molar refractivity (Wildman–Crippen MR) is 79.7 cm³/mol. The molecule has 4 heteroatoms. The number of para-hydroxylation sites is 1. The highest BCUT2D eigenvalue weighted by Gasteiger charge is 2.22. The van der Waals surface area contributed by atoms with Gasteiger partial charge in [-0.25, -0.2) is 0 Å². The number of nitrogens with one attached hydrogen (secondary N) is 2. The Morgan fingerprint density at radius 2 is 2.10 bits per heavy atom. The molecule has 0 radical (unpaired) electrons. The molecule has 0 aromatic heterocycles. The first kappa shape index (κ1) is 14.9. The fourth-order valence-corrected chi connectivity index (χ4v) is 1.97. The Balaban J connectivity index is 1.71. The van der Waals surface area contributed by atoms with E-state index < -0.39 is 0 Å². The molecule has 1 aromatic carbocycles. The molecule has 0 unspecified atom stereocenters. The number of ether oxygens (including phenoxy) is 1. The first-order valence-corrected chi connectivity index (χ1v) is 7.40. The second-order valence-corrected chi connectivity index (χ2v) is 5.54. The summed E-state index contributed by atoms with van der Waals surface area (Å²) in [6, 6.07) is 8.46. The zero-order chi connectivity index (χ0) is 14.4. The topological polar surface area (TPSA) is 50.4 Å². The SMILES string of the molecule is CC(C)Oc1ccccc1CNCCC(=O)NC1CC1. The van der Waals surface area contributed by atoms with Crippen molar-refractivity contribution in [1.29, 1.82) is 0 Å². The van der Waals surface area contributed by atoms with Gasteiger partial charge in [0.15, 0.2) is 0 Å². The number of rotatable bonds is 8. The van der Waals surface area contributed by atoms with Crippen LogP contribution >= 0.6 is 0 Å². The summed E-state index contributed by atoms with van der Waals surface area (Å²) in [7, 11) is 0. The van der Waals surface area contributed by atoms with E-state index >= 15 is 0 Å². The number of hydrogen-bond donors (Lipinski definition) is 2. The molecule has 1 saturated carbocycles. The Kier molecular flexibility index (Phi) is 5.41. The number of benzene rings is 1. The van der Waals surface area contributed by atoms with E-state index in [0.29, 0.717) is 19.0 Å². The number of carbonyl (C=O) groups is 1. The first-order valence-electron chi connectivity index (χ1n) is 7.40. The normalized spacial score (nSPS) is 14.3. The van der Waals surface area contributed by atoms with Crippen molar-refractivity contribution in [3.05, 3.63) is 29.8 Å². The summed E-state index contributed by atoms with van der Waals surface area (Å²) in [4.78, 5) is 11.5. The molecule has 4 nitrogen and oxygen atoms in total. The average Bonchev–Trinajstić information content (AvgIpc) is 3.19. The fraction of sp³-hybridized carbons (Fsp3) is 0.562. The first-order chi connectivity index (χ1) is 9.65. The molecule has 2 N–H and O–H groups in total. The minimum atomic E-state index is 0.145. The molecule has 1 aliphatic carbocycles. The van der Waals surface area contributed by atoms with Gasteiger partial charge >= 0.3 is 0 Å². The third kappa shape index (κ3) is 5.21. The summed E-state index contributed by atoms with van der Waals surface area (Å²) in [5, 5.41) is 6.29. The second-order valence-electron chi connectivity index (χ2n) is 5.54. The summed E-state index contributed by atoms with van der Waals surface area (Å²) < 4.78 is 5.77. The molecule has 110 valence electrons. The molecule has 1 fully saturated rings. The van der Waals surface area contributed by atoms with E-state index in [1.54, 1.807) is 0 Å². The molecule has 0 saturated heterocycles. The third-order valence-corrected chi connectivity index (χ3v) is 3.12. The summed E-state index contributed by atoms with van der Waals surface area (Å²) >= 11 is 0. The molecule has 1 aliphatic rings. The lowest BCUT2D eigenvalue weighted by Crippen LogP contribution is -2.29. The van der Waals surface area contributed by atoms with Gasteiger partial charge in [0.05, 0.1) is 6.10 Å². The van der Waals surface area contributed by atoms with Crippen LogP contribution < -0.4 is 15.4 Å². The van der Waals surface area contributed by atoms with Crippen molar-refractivity contribution in [2.45, 2.75) is 51.8 Å². The lowest BCUT2D eigenvalue weighted by atomic mass is 10.2. The van der Waals surface area contributed by atoms with Gasteiger partial charge in [-0.15, -0.1) is 0 Å². The Labute approximate surface area is 120 Å². The van der Waals surface area contributed by atoms with Crippen molar-refractivity contribution in [2.24, 2.45) is 0 Å². The van der Waals surface area contributed by atoms with Crippen LogP contribution in [0.4, 0.5) is 0 Å². The number of amides is 1. The van der Waals surface area contributed by atoms with E-state index in [9.17, 15) is 4.79 Å². The van der Waals surface area contributed by atoms with Gasteiger partial charge in [-0.3, -0.25) is 4.79 Å². The van der Waals surface area contributed by atoms with Crippen LogP contribution in [0.2, 0.25) is 0 Å². The van der Waals surface area contributed by atoms with Gasteiger partial charge < -0.3 is 15.4 Å². The average molecular weight is 276 g/mol. The predicted octanol–water partition coefficient (Wildman–Crippen LogP) is 2.23. The third-order valence-electron chi connectivity index (χ3n) is 3.12. The van der Waals surface area contributed by atoms with Gasteiger partial charge in [0.1, 0.15) is 5.75 Å². The largest absolute Gasteiger partial charge is 0.491 e. The Hall–Kier alpha value is -1.55. The number of carbonyl (C=O) groups excluding carboxylic acids is 1. The van der Waals surface area contributed by atoms with Gasteiger partial charge in [-0.1, -0.05) is 18.2 Å². The fourth-order valence-electron chi connectivity index (χ4n) is 1.97. The Morgan fingerprint density at radius 3 is 2.80 bits per heavy atom. The standard InChI is InChI=1S/C16H24N2O2/c1-12(2)20-15-6-4-3-5-13(15)11-17-10-9-16(19)18-14-7-8-14/h3-6,12,14,17H,7-11H2,1-2H3,(H,18,19). The maximum atomic E-state index is 11.5. The highest BCUT2D eigenvalue weighted by Crippen LogP contribution is 2.19. The Bertz CT molecular complexity index is 442. The zero-order valence-electron chi connectivity index (χ0n) is 12.3. The summed E-state index contributed by atoms with van der Waals surface area (Å²) in [5.74, 6) is 1.06. The van der Waals surface area contributed by atoms with Crippen LogP contribution in [0.25, 0.3) is 0 Å². The van der Waals surface area contributed by atoms with Crippen molar-refractivity contribution in [1.82, 2.24) is 10.6 Å². The van der Waals surface area contributed by atoms with E-state index in [4.69, 9.17) is 4.74 Å². The molecule has 2 rings (SSSR count). The molecule has 0 heterocycles. The van der Waals surface area contributed by atoms with E-state index in [-0.39, 0.29) is 12.0 Å². The lowest BCUT2D eigenvalue weighted by molar-refractivity contribution is -0.121. The summed E-state index contributed by atoms with van der Waals surface area (Å²) in [5.41, 5.74) is 1.13. The minimum absolute atomic E-state index is 0.145. The van der Waals surface area contributed by atoms with E-state index in [2.05, 4.69) is 16.7 Å². The minimum Gasteiger partial charge on any atom is -0.491 e. The Morgan fingerprint density at radius 1 is 1.35 bits per heavy atom. The van der Waals surface area contributed by atoms with Gasteiger partial charge in [0.2, 0.25) is 5.91 Å². The highest BCUT2D eigenvalue weighted by molar-refractivity contribution is 5.76. The van der Waals surface area contributed by atoms with Crippen LogP contribution in [0.15, 0.2) is 24.3 Å². The van der Waals surface area contributed by atoms with Crippen LogP contribution in [0, 0.1) is 0 Å². The molecule has 1 aromatic rings. The molecule has 20 heavy (non-hydrogen) atoms. The maximum absolute atomic E-state index is 11.5. The maximum Gasteiger partial charge on any atom is 0.221 e. The van der Waals surface area contributed by atoms with Gasteiger partial charge in [-0.2, -0.15) is 0 Å². The molecular formula is C16H24N2O2. The van der Waals surface area contributed by atoms with Crippen LogP contribution in [-0.2, 0) is 11.3 Å². The monoisotopic (exact) mass is 276 g/mol. The second kappa shape index (κ2) is 7.29. The van der Waals surface area contributed by atoms with Crippen LogP contribution in [0.5, 0.6) is 5.75 Å². The van der Waals surface area contributed by atoms with Crippen molar-refractivity contribution in [3.63, 3.8) is 0 Å². The molecule has 0 bridgehead atoms. The quantitative estimate of drug-likeness (QED) is 0.716. The highest BCUT2D eigenvalue weighted by atomic mass is 16.5. The van der Waals surface area contributed by atoms with Gasteiger partial charge in [0.25, 0.3) is 0 Å². The molecule has 0 atom stereocenters. The number of hydrogen-bond acceptors (Lipinski definition) is 3. The molecular weight excluding hydrogens is 252 g/mol.